The molecule has 0 aliphatic rings. The summed E-state index contributed by atoms with van der Waals surface area (Å²) in [5.74, 6) is 1.94. The first kappa shape index (κ1) is 16.9. The number of nitrogens with one attached hydrogen (secondary N) is 1. The number of amides is 1. The van der Waals surface area contributed by atoms with Crippen LogP contribution in [0.5, 0.6) is 0 Å². The number of hydrazone groups is 1. The van der Waals surface area contributed by atoms with Crippen molar-refractivity contribution in [1.29, 1.82) is 0 Å². The Morgan fingerprint density at radius 1 is 1.27 bits per heavy atom. The summed E-state index contributed by atoms with van der Waals surface area (Å²) >= 11 is 0. The molecular weight excluding hydrogens is 332 g/mol. The number of carbonyl (C=O) groups is 1. The molecule has 0 aliphatic carbocycles. The van der Waals surface area contributed by atoms with Crippen LogP contribution in [0.15, 0.2) is 59.8 Å². The number of para-hydroxylation sites is 2. The number of nitro benzene ring substituents is 1. The first-order chi connectivity index (χ1) is 12.6. The Balaban J connectivity index is 1.84. The zero-order chi connectivity index (χ0) is 18.5. The number of terminal acetylenes is 1. The molecule has 0 bridgehead atoms. The van der Waals surface area contributed by atoms with Gasteiger partial charge in [-0.3, -0.25) is 14.9 Å². The lowest BCUT2D eigenvalue weighted by Crippen LogP contribution is -2.18. The third-order valence-corrected chi connectivity index (χ3v) is 3.80. The molecule has 0 unspecified atom stereocenters. The van der Waals surface area contributed by atoms with Crippen LogP contribution < -0.4 is 5.43 Å². The van der Waals surface area contributed by atoms with E-state index in [4.69, 9.17) is 6.42 Å². The average Bonchev–Trinajstić information content (AvgIpc) is 3.00. The topological polar surface area (TPSA) is 89.5 Å². The molecule has 128 valence electrons. The van der Waals surface area contributed by atoms with Gasteiger partial charge in [-0.25, -0.2) is 5.43 Å². The SMILES string of the molecule is C#CCn1cc(/C=N\NC(=O)c2ccccc2[N+](=O)[O-])c2ccccc21. The number of hydrogen-bond acceptors (Lipinski definition) is 4. The lowest BCUT2D eigenvalue weighted by atomic mass is 10.2. The third kappa shape index (κ3) is 3.30. The van der Waals surface area contributed by atoms with Crippen LogP contribution in [0.3, 0.4) is 0 Å². The summed E-state index contributed by atoms with van der Waals surface area (Å²) in [5.41, 5.74) is 3.73. The summed E-state index contributed by atoms with van der Waals surface area (Å²) < 4.78 is 1.90. The van der Waals surface area contributed by atoms with Crippen molar-refractivity contribution in [2.75, 3.05) is 0 Å². The van der Waals surface area contributed by atoms with Crippen LogP contribution in [0.2, 0.25) is 0 Å². The Bertz CT molecular complexity index is 1060. The number of hydrogen-bond donors (Lipinski definition) is 1. The predicted octanol–water partition coefficient (Wildman–Crippen LogP) is 2.95. The van der Waals surface area contributed by atoms with Crippen LogP contribution in [-0.2, 0) is 6.54 Å². The number of fused-ring (bicyclic) bond motifs is 1. The standard InChI is InChI=1S/C19H14N4O3/c1-2-11-22-13-14(15-7-3-5-9-17(15)22)12-20-21-19(24)16-8-4-6-10-18(16)23(25)26/h1,3-10,12-13H,11H2,(H,21,24)/b20-12-. The number of aromatic nitrogens is 1. The highest BCUT2D eigenvalue weighted by molar-refractivity contribution is 6.01. The second kappa shape index (κ2) is 7.32. The van der Waals surface area contributed by atoms with E-state index in [1.165, 1.54) is 24.4 Å². The van der Waals surface area contributed by atoms with Crippen LogP contribution in [0.1, 0.15) is 15.9 Å². The Morgan fingerprint density at radius 3 is 2.77 bits per heavy atom. The van der Waals surface area contributed by atoms with E-state index in [9.17, 15) is 14.9 Å². The zero-order valence-corrected chi connectivity index (χ0v) is 13.6. The summed E-state index contributed by atoms with van der Waals surface area (Å²) in [7, 11) is 0. The summed E-state index contributed by atoms with van der Waals surface area (Å²) in [6.45, 7) is 0.414. The minimum absolute atomic E-state index is 0.0515. The van der Waals surface area contributed by atoms with Crippen molar-refractivity contribution in [1.82, 2.24) is 9.99 Å². The van der Waals surface area contributed by atoms with Crippen molar-refractivity contribution in [3.8, 4) is 12.3 Å². The van der Waals surface area contributed by atoms with Crippen LogP contribution in [0, 0.1) is 22.5 Å². The maximum absolute atomic E-state index is 12.2. The average molecular weight is 346 g/mol. The maximum atomic E-state index is 12.2. The van der Waals surface area contributed by atoms with E-state index in [2.05, 4.69) is 16.4 Å². The molecule has 1 N–H and O–H groups in total. The van der Waals surface area contributed by atoms with Crippen molar-refractivity contribution in [3.05, 3.63) is 76.0 Å². The molecule has 0 saturated carbocycles. The first-order valence-corrected chi connectivity index (χ1v) is 7.70. The molecular formula is C19H14N4O3. The van der Waals surface area contributed by atoms with Crippen molar-refractivity contribution in [3.63, 3.8) is 0 Å². The largest absolute Gasteiger partial charge is 0.335 e. The van der Waals surface area contributed by atoms with Gasteiger partial charge in [-0.1, -0.05) is 36.3 Å². The fourth-order valence-electron chi connectivity index (χ4n) is 2.65. The van der Waals surface area contributed by atoms with Gasteiger partial charge < -0.3 is 4.57 Å². The molecule has 1 heterocycles. The Labute approximate surface area is 149 Å². The van der Waals surface area contributed by atoms with E-state index in [0.717, 1.165) is 16.5 Å². The molecule has 7 heteroatoms. The van der Waals surface area contributed by atoms with Gasteiger partial charge in [-0.2, -0.15) is 5.10 Å². The van der Waals surface area contributed by atoms with Gasteiger partial charge in [0.15, 0.2) is 0 Å². The number of benzene rings is 2. The summed E-state index contributed by atoms with van der Waals surface area (Å²) in [5, 5.41) is 15.9. The van der Waals surface area contributed by atoms with Crippen molar-refractivity contribution < 1.29 is 9.72 Å². The lowest BCUT2D eigenvalue weighted by molar-refractivity contribution is -0.385. The molecule has 26 heavy (non-hydrogen) atoms. The highest BCUT2D eigenvalue weighted by Crippen LogP contribution is 2.20. The zero-order valence-electron chi connectivity index (χ0n) is 13.6. The number of rotatable bonds is 5. The summed E-state index contributed by atoms with van der Waals surface area (Å²) in [4.78, 5) is 22.6. The van der Waals surface area contributed by atoms with E-state index < -0.39 is 10.8 Å². The molecule has 7 nitrogen and oxygen atoms in total. The molecule has 0 aliphatic heterocycles. The number of nitrogens with zero attached hydrogens (tertiary/aromatic N) is 3. The van der Waals surface area contributed by atoms with Crippen molar-refractivity contribution in [2.45, 2.75) is 6.54 Å². The highest BCUT2D eigenvalue weighted by Gasteiger charge is 2.18. The van der Waals surface area contributed by atoms with Crippen LogP contribution in [0.4, 0.5) is 5.69 Å². The van der Waals surface area contributed by atoms with Gasteiger partial charge in [0.1, 0.15) is 5.56 Å². The number of carbonyl (C=O) groups excluding carboxylic acids is 1. The van der Waals surface area contributed by atoms with E-state index in [-0.39, 0.29) is 11.3 Å². The second-order valence-electron chi connectivity index (χ2n) is 5.41. The molecule has 1 aromatic heterocycles. The normalized spacial score (nSPS) is 10.7. The number of nitro groups is 1. The molecule has 3 aromatic rings. The van der Waals surface area contributed by atoms with Gasteiger partial charge in [0, 0.05) is 28.7 Å². The smallest absolute Gasteiger partial charge is 0.282 e. The van der Waals surface area contributed by atoms with Gasteiger partial charge >= 0.3 is 0 Å². The first-order valence-electron chi connectivity index (χ1n) is 7.70. The second-order valence-corrected chi connectivity index (χ2v) is 5.41. The molecule has 0 radical (unpaired) electrons. The molecule has 0 atom stereocenters. The predicted molar refractivity (Wildman–Crippen MR) is 98.9 cm³/mol. The molecule has 0 saturated heterocycles. The van der Waals surface area contributed by atoms with E-state index in [1.54, 1.807) is 6.07 Å². The van der Waals surface area contributed by atoms with Gasteiger partial charge in [-0.05, 0) is 12.1 Å². The Kier molecular flexibility index (Phi) is 4.76. The molecule has 0 spiro atoms. The van der Waals surface area contributed by atoms with Crippen molar-refractivity contribution >= 4 is 28.7 Å². The Morgan fingerprint density at radius 2 is 2.00 bits per heavy atom. The molecule has 1 amide bonds. The van der Waals surface area contributed by atoms with E-state index in [0.29, 0.717) is 6.54 Å². The third-order valence-electron chi connectivity index (χ3n) is 3.80. The van der Waals surface area contributed by atoms with Gasteiger partial charge in [0.05, 0.1) is 17.7 Å². The quantitative estimate of drug-likeness (QED) is 0.333. The summed E-state index contributed by atoms with van der Waals surface area (Å²) in [6.07, 6.45) is 8.71. The summed E-state index contributed by atoms with van der Waals surface area (Å²) in [6, 6.07) is 13.4. The molecule has 3 rings (SSSR count). The minimum Gasteiger partial charge on any atom is -0.335 e. The fourth-order valence-corrected chi connectivity index (χ4v) is 2.65. The Hall–Kier alpha value is -3.92. The highest BCUT2D eigenvalue weighted by atomic mass is 16.6. The minimum atomic E-state index is -0.652. The van der Waals surface area contributed by atoms with Crippen LogP contribution in [-0.4, -0.2) is 21.6 Å². The maximum Gasteiger partial charge on any atom is 0.282 e. The van der Waals surface area contributed by atoms with Crippen LogP contribution >= 0.6 is 0 Å². The van der Waals surface area contributed by atoms with E-state index in [1.807, 2.05) is 35.0 Å². The van der Waals surface area contributed by atoms with Gasteiger partial charge in [0.2, 0.25) is 0 Å². The molecule has 0 fully saturated rings. The monoisotopic (exact) mass is 346 g/mol. The van der Waals surface area contributed by atoms with E-state index >= 15 is 0 Å². The fraction of sp³-hybridized carbons (Fsp3) is 0.0526. The van der Waals surface area contributed by atoms with Crippen LogP contribution in [0.25, 0.3) is 10.9 Å². The molecule has 2 aromatic carbocycles. The van der Waals surface area contributed by atoms with Crippen molar-refractivity contribution in [2.24, 2.45) is 5.10 Å². The lowest BCUT2D eigenvalue weighted by Gasteiger charge is -2.00. The van der Waals surface area contributed by atoms with Gasteiger partial charge in [0.25, 0.3) is 11.6 Å². The van der Waals surface area contributed by atoms with Gasteiger partial charge in [-0.15, -0.1) is 6.42 Å².